The summed E-state index contributed by atoms with van der Waals surface area (Å²) in [6.45, 7) is 6.35. The molecule has 0 bridgehead atoms. The topological polar surface area (TPSA) is 74.4 Å². The van der Waals surface area contributed by atoms with Gasteiger partial charge in [-0.25, -0.2) is 9.97 Å². The highest BCUT2D eigenvalue weighted by Crippen LogP contribution is 2.37. The smallest absolute Gasteiger partial charge is 0.219 e. The summed E-state index contributed by atoms with van der Waals surface area (Å²) in [6, 6.07) is 31.7. The molecule has 4 heterocycles. The molecule has 0 radical (unpaired) electrons. The molecule has 7 aromatic rings. The van der Waals surface area contributed by atoms with E-state index < -0.39 is 0 Å². The monoisotopic (exact) mass is 537 g/mol. The SMILES string of the molecule is Cc1nc2c3ccccc3n3c(-c4ccccc4C(C)C)nnc3c2cc1Oc1cccc(Oc2ccccn2)c1. The number of nitrogens with zero attached hydrogens (tertiary/aromatic N) is 5. The van der Waals surface area contributed by atoms with E-state index in [1.54, 1.807) is 6.20 Å². The van der Waals surface area contributed by atoms with E-state index in [0.29, 0.717) is 29.0 Å². The Labute approximate surface area is 237 Å². The van der Waals surface area contributed by atoms with E-state index in [2.05, 4.69) is 53.6 Å². The van der Waals surface area contributed by atoms with Crippen LogP contribution in [0.4, 0.5) is 0 Å². The normalized spacial score (nSPS) is 11.5. The van der Waals surface area contributed by atoms with Gasteiger partial charge in [0, 0.05) is 34.7 Å². The first kappa shape index (κ1) is 24.7. The molecule has 0 aliphatic heterocycles. The van der Waals surface area contributed by atoms with Crippen LogP contribution in [-0.2, 0) is 0 Å². The summed E-state index contributed by atoms with van der Waals surface area (Å²) in [4.78, 5) is 9.26. The molecule has 7 rings (SSSR count). The largest absolute Gasteiger partial charge is 0.455 e. The van der Waals surface area contributed by atoms with Gasteiger partial charge in [-0.2, -0.15) is 0 Å². The summed E-state index contributed by atoms with van der Waals surface area (Å²) < 4.78 is 14.4. The van der Waals surface area contributed by atoms with Gasteiger partial charge in [-0.3, -0.25) is 4.40 Å². The van der Waals surface area contributed by atoms with E-state index in [4.69, 9.17) is 24.7 Å². The number of aromatic nitrogens is 5. The van der Waals surface area contributed by atoms with Crippen LogP contribution in [-0.4, -0.2) is 24.6 Å². The van der Waals surface area contributed by atoms with Gasteiger partial charge in [0.25, 0.3) is 0 Å². The van der Waals surface area contributed by atoms with Gasteiger partial charge in [-0.05, 0) is 48.7 Å². The lowest BCUT2D eigenvalue weighted by Gasteiger charge is -2.15. The van der Waals surface area contributed by atoms with Crippen molar-refractivity contribution in [3.05, 3.63) is 115 Å². The molecule has 0 fully saturated rings. The molecule has 7 heteroatoms. The lowest BCUT2D eigenvalue weighted by molar-refractivity contribution is 0.447. The fourth-order valence-electron chi connectivity index (χ4n) is 5.26. The van der Waals surface area contributed by atoms with E-state index >= 15 is 0 Å². The van der Waals surface area contributed by atoms with Crippen molar-refractivity contribution in [2.75, 3.05) is 0 Å². The van der Waals surface area contributed by atoms with Crippen LogP contribution < -0.4 is 9.47 Å². The quantitative estimate of drug-likeness (QED) is 0.198. The molecular weight excluding hydrogens is 510 g/mol. The lowest BCUT2D eigenvalue weighted by atomic mass is 9.97. The van der Waals surface area contributed by atoms with Gasteiger partial charge in [-0.1, -0.05) is 68.4 Å². The molecule has 7 nitrogen and oxygen atoms in total. The van der Waals surface area contributed by atoms with E-state index in [9.17, 15) is 0 Å². The molecule has 0 amide bonds. The molecule has 0 N–H and O–H groups in total. The zero-order valence-corrected chi connectivity index (χ0v) is 22.9. The summed E-state index contributed by atoms with van der Waals surface area (Å²) in [6.07, 6.45) is 1.70. The first-order valence-corrected chi connectivity index (χ1v) is 13.6. The van der Waals surface area contributed by atoms with Crippen LogP contribution in [0.2, 0.25) is 0 Å². The van der Waals surface area contributed by atoms with Crippen LogP contribution in [0.5, 0.6) is 23.1 Å². The van der Waals surface area contributed by atoms with E-state index in [-0.39, 0.29) is 0 Å². The van der Waals surface area contributed by atoms with Gasteiger partial charge >= 0.3 is 0 Å². The van der Waals surface area contributed by atoms with E-state index in [1.165, 1.54) is 5.56 Å². The number of hydrogen-bond donors (Lipinski definition) is 0. The van der Waals surface area contributed by atoms with E-state index in [0.717, 1.165) is 44.5 Å². The number of rotatable bonds is 6. The van der Waals surface area contributed by atoms with Gasteiger partial charge in [0.1, 0.15) is 17.2 Å². The molecule has 0 spiro atoms. The van der Waals surface area contributed by atoms with Crippen LogP contribution in [0, 0.1) is 6.92 Å². The summed E-state index contributed by atoms with van der Waals surface area (Å²) >= 11 is 0. The van der Waals surface area contributed by atoms with Gasteiger partial charge in [0.15, 0.2) is 11.5 Å². The number of benzene rings is 3. The standard InChI is InChI=1S/C34H27N5O2/c1-21(2)25-13-4-5-14-26(25)33-37-38-34-28-20-30(22(3)36-32(28)27-15-6-7-16-29(27)39(33)34)40-23-11-10-12-24(19-23)41-31-17-8-9-18-35-31/h4-21H,1-3H3. The minimum atomic E-state index is 0.340. The number of hydrogen-bond acceptors (Lipinski definition) is 6. The number of pyridine rings is 3. The van der Waals surface area contributed by atoms with Crippen molar-refractivity contribution >= 4 is 27.5 Å². The zero-order valence-electron chi connectivity index (χ0n) is 22.9. The highest BCUT2D eigenvalue weighted by Gasteiger charge is 2.20. The number of aryl methyl sites for hydroxylation is 1. The Morgan fingerprint density at radius 2 is 1.51 bits per heavy atom. The van der Waals surface area contributed by atoms with Crippen molar-refractivity contribution in [2.45, 2.75) is 26.7 Å². The third-order valence-electron chi connectivity index (χ3n) is 7.19. The first-order valence-electron chi connectivity index (χ1n) is 13.6. The van der Waals surface area contributed by atoms with Crippen molar-refractivity contribution < 1.29 is 9.47 Å². The summed E-state index contributed by atoms with van der Waals surface area (Å²) in [5.41, 5.74) is 5.67. The zero-order chi connectivity index (χ0) is 27.9. The number of para-hydroxylation sites is 1. The minimum Gasteiger partial charge on any atom is -0.455 e. The Morgan fingerprint density at radius 1 is 0.732 bits per heavy atom. The molecule has 0 aliphatic rings. The summed E-state index contributed by atoms with van der Waals surface area (Å²) in [7, 11) is 0. The molecule has 0 saturated heterocycles. The highest BCUT2D eigenvalue weighted by molar-refractivity contribution is 6.10. The molecular formula is C34H27N5O2. The predicted octanol–water partition coefficient (Wildman–Crippen LogP) is 8.51. The Hall–Kier alpha value is -5.30. The Bertz CT molecular complexity index is 2050. The van der Waals surface area contributed by atoms with Crippen LogP contribution in [0.1, 0.15) is 31.0 Å². The van der Waals surface area contributed by atoms with Crippen molar-refractivity contribution in [1.29, 1.82) is 0 Å². The second-order valence-electron chi connectivity index (χ2n) is 10.3. The summed E-state index contributed by atoms with van der Waals surface area (Å²) in [5, 5.41) is 11.3. The fraction of sp³-hybridized carbons (Fsp3) is 0.118. The summed E-state index contributed by atoms with van der Waals surface area (Å²) in [5.74, 6) is 3.57. The van der Waals surface area contributed by atoms with Gasteiger partial charge in [0.2, 0.25) is 5.88 Å². The molecule has 3 aromatic carbocycles. The average Bonchev–Trinajstić information content (AvgIpc) is 3.44. The highest BCUT2D eigenvalue weighted by atomic mass is 16.5. The Balaban J connectivity index is 1.38. The molecule has 0 unspecified atom stereocenters. The second kappa shape index (κ2) is 10.0. The van der Waals surface area contributed by atoms with Gasteiger partial charge < -0.3 is 9.47 Å². The maximum atomic E-state index is 6.38. The van der Waals surface area contributed by atoms with Gasteiger partial charge in [0.05, 0.1) is 16.7 Å². The molecule has 41 heavy (non-hydrogen) atoms. The maximum absolute atomic E-state index is 6.38. The van der Waals surface area contributed by atoms with Crippen molar-refractivity contribution in [3.8, 4) is 34.5 Å². The molecule has 0 aliphatic carbocycles. The Morgan fingerprint density at radius 3 is 2.34 bits per heavy atom. The van der Waals surface area contributed by atoms with Gasteiger partial charge in [-0.15, -0.1) is 10.2 Å². The molecule has 200 valence electrons. The minimum absolute atomic E-state index is 0.340. The number of fused-ring (bicyclic) bond motifs is 6. The van der Waals surface area contributed by atoms with Crippen molar-refractivity contribution in [2.24, 2.45) is 0 Å². The first-order chi connectivity index (χ1) is 20.1. The predicted molar refractivity (Wildman–Crippen MR) is 161 cm³/mol. The lowest BCUT2D eigenvalue weighted by Crippen LogP contribution is -2.00. The van der Waals surface area contributed by atoms with Crippen LogP contribution in [0.25, 0.3) is 38.8 Å². The molecule has 0 atom stereocenters. The average molecular weight is 538 g/mol. The third-order valence-corrected chi connectivity index (χ3v) is 7.19. The number of ether oxygens (including phenoxy) is 2. The second-order valence-corrected chi connectivity index (χ2v) is 10.3. The molecule has 4 aromatic heterocycles. The fourth-order valence-corrected chi connectivity index (χ4v) is 5.26. The van der Waals surface area contributed by atoms with Crippen molar-refractivity contribution in [1.82, 2.24) is 24.6 Å². The van der Waals surface area contributed by atoms with Crippen LogP contribution >= 0.6 is 0 Å². The van der Waals surface area contributed by atoms with Crippen LogP contribution in [0.15, 0.2) is 103 Å². The Kier molecular flexibility index (Phi) is 6.04. The maximum Gasteiger partial charge on any atom is 0.219 e. The molecule has 0 saturated carbocycles. The van der Waals surface area contributed by atoms with Crippen molar-refractivity contribution in [3.63, 3.8) is 0 Å². The third kappa shape index (κ3) is 4.41. The van der Waals surface area contributed by atoms with E-state index in [1.807, 2.05) is 73.7 Å². The van der Waals surface area contributed by atoms with Crippen LogP contribution in [0.3, 0.4) is 0 Å².